The lowest BCUT2D eigenvalue weighted by Gasteiger charge is -2.32. The normalized spacial score (nSPS) is 17.7. The van der Waals surface area contributed by atoms with Crippen LogP contribution in [0.1, 0.15) is 74.4 Å². The van der Waals surface area contributed by atoms with Crippen molar-refractivity contribution in [2.75, 3.05) is 6.61 Å². The highest BCUT2D eigenvalue weighted by Gasteiger charge is 2.29. The van der Waals surface area contributed by atoms with Gasteiger partial charge in [-0.25, -0.2) is 14.3 Å². The molecule has 0 amide bonds. The molecule has 1 aromatic heterocycles. The predicted octanol–water partition coefficient (Wildman–Crippen LogP) is 5.61. The first-order valence-electron chi connectivity index (χ1n) is 9.68. The Morgan fingerprint density at radius 2 is 2.00 bits per heavy atom. The molecule has 1 aliphatic carbocycles. The zero-order valence-electron chi connectivity index (χ0n) is 16.4. The van der Waals surface area contributed by atoms with Gasteiger partial charge in [-0.05, 0) is 43.4 Å². The lowest BCUT2D eigenvalue weighted by atomic mass is 9.76. The molecule has 4 heteroatoms. The van der Waals surface area contributed by atoms with E-state index in [1.54, 1.807) is 17.0 Å². The third-order valence-corrected chi connectivity index (χ3v) is 5.97. The van der Waals surface area contributed by atoms with E-state index in [1.165, 1.54) is 36.0 Å². The lowest BCUT2D eigenvalue weighted by Crippen LogP contribution is -2.29. The number of benzene rings is 1. The van der Waals surface area contributed by atoms with Crippen LogP contribution in [-0.2, 0) is 4.74 Å². The maximum absolute atomic E-state index is 12.7. The van der Waals surface area contributed by atoms with E-state index in [4.69, 9.17) is 4.74 Å². The molecule has 0 N–H and O–H groups in total. The molecule has 0 radical (unpaired) electrons. The monoisotopic (exact) mass is 354 g/mol. The number of nitrogens with zero attached hydrogens (tertiary/aromatic N) is 2. The molecule has 1 aliphatic rings. The van der Waals surface area contributed by atoms with Gasteiger partial charge in [0.2, 0.25) is 0 Å². The molecular formula is C22H30N2O2. The van der Waals surface area contributed by atoms with Gasteiger partial charge >= 0.3 is 6.09 Å². The Morgan fingerprint density at radius 1 is 1.27 bits per heavy atom. The van der Waals surface area contributed by atoms with Crippen LogP contribution < -0.4 is 0 Å². The van der Waals surface area contributed by atoms with Crippen molar-refractivity contribution >= 4 is 6.09 Å². The Labute approximate surface area is 156 Å². The Hall–Kier alpha value is -2.10. The highest BCUT2D eigenvalue weighted by Crippen LogP contribution is 2.36. The molecule has 26 heavy (non-hydrogen) atoms. The van der Waals surface area contributed by atoms with Crippen molar-refractivity contribution in [2.24, 2.45) is 5.41 Å². The molecule has 0 aliphatic heterocycles. The highest BCUT2D eigenvalue weighted by atomic mass is 16.5. The average molecular weight is 354 g/mol. The summed E-state index contributed by atoms with van der Waals surface area (Å²) in [7, 11) is 0. The molecule has 1 aromatic carbocycles. The minimum Gasteiger partial charge on any atom is -0.448 e. The third-order valence-electron chi connectivity index (χ3n) is 5.97. The fourth-order valence-electron chi connectivity index (χ4n) is 4.03. The highest BCUT2D eigenvalue weighted by molar-refractivity contribution is 5.71. The zero-order chi connectivity index (χ0) is 18.7. The molecule has 140 valence electrons. The molecule has 0 spiro atoms. The van der Waals surface area contributed by atoms with E-state index >= 15 is 0 Å². The van der Waals surface area contributed by atoms with Crippen molar-refractivity contribution in [3.8, 4) is 0 Å². The maximum atomic E-state index is 12.7. The summed E-state index contributed by atoms with van der Waals surface area (Å²) in [6.07, 6.45) is 9.10. The van der Waals surface area contributed by atoms with Gasteiger partial charge in [0.25, 0.3) is 0 Å². The first kappa shape index (κ1) is 18.7. The molecule has 2 aromatic rings. The quantitative estimate of drug-likeness (QED) is 0.717. The fourth-order valence-corrected chi connectivity index (χ4v) is 4.03. The first-order chi connectivity index (χ1) is 12.4. The van der Waals surface area contributed by atoms with Crippen LogP contribution in [0, 0.1) is 19.3 Å². The van der Waals surface area contributed by atoms with Crippen molar-refractivity contribution in [1.29, 1.82) is 0 Å². The number of aromatic nitrogens is 2. The van der Waals surface area contributed by atoms with Crippen LogP contribution >= 0.6 is 0 Å². The molecule has 3 rings (SSSR count). The van der Waals surface area contributed by atoms with Gasteiger partial charge in [0.1, 0.15) is 5.82 Å². The smallest absolute Gasteiger partial charge is 0.419 e. The van der Waals surface area contributed by atoms with Crippen molar-refractivity contribution in [2.45, 2.75) is 65.7 Å². The largest absolute Gasteiger partial charge is 0.448 e. The number of hydrogen-bond acceptors (Lipinski definition) is 3. The van der Waals surface area contributed by atoms with Crippen LogP contribution in [0.5, 0.6) is 0 Å². The summed E-state index contributed by atoms with van der Waals surface area (Å²) in [4.78, 5) is 17.2. The first-order valence-corrected chi connectivity index (χ1v) is 9.68. The second kappa shape index (κ2) is 7.65. The predicted molar refractivity (Wildman–Crippen MR) is 104 cm³/mol. The van der Waals surface area contributed by atoms with Gasteiger partial charge in [-0.3, -0.25) is 0 Å². The maximum Gasteiger partial charge on any atom is 0.419 e. The standard InChI is InChI=1S/C22H30N2O2/c1-16-9-8-10-19(17(16)2)18(3)20-23-13-14-24(20)21(25)26-15-22(4)11-6-5-7-12-22/h8-10,13-14,18H,5-7,11-12,15H2,1-4H3/t18-/m0/s1. The average Bonchev–Trinajstić information content (AvgIpc) is 3.12. The Balaban J connectivity index is 1.75. The topological polar surface area (TPSA) is 44.1 Å². The molecule has 1 atom stereocenters. The van der Waals surface area contributed by atoms with Crippen LogP contribution in [0.3, 0.4) is 0 Å². The second-order valence-electron chi connectivity index (χ2n) is 8.09. The van der Waals surface area contributed by atoms with E-state index < -0.39 is 0 Å². The summed E-state index contributed by atoms with van der Waals surface area (Å²) in [5.41, 5.74) is 3.82. The number of carbonyl (C=O) groups excluding carboxylic acids is 1. The van der Waals surface area contributed by atoms with E-state index in [2.05, 4.69) is 50.9 Å². The van der Waals surface area contributed by atoms with Crippen LogP contribution in [0.15, 0.2) is 30.6 Å². The summed E-state index contributed by atoms with van der Waals surface area (Å²) in [6, 6.07) is 6.28. The van der Waals surface area contributed by atoms with Gasteiger partial charge in [-0.15, -0.1) is 0 Å². The second-order valence-corrected chi connectivity index (χ2v) is 8.09. The van der Waals surface area contributed by atoms with Crippen molar-refractivity contribution < 1.29 is 9.53 Å². The van der Waals surface area contributed by atoms with E-state index in [0.29, 0.717) is 6.61 Å². The number of ether oxygens (including phenoxy) is 1. The van der Waals surface area contributed by atoms with E-state index in [9.17, 15) is 4.79 Å². The van der Waals surface area contributed by atoms with Crippen molar-refractivity contribution in [3.63, 3.8) is 0 Å². The SMILES string of the molecule is Cc1cccc([C@H](C)c2nccn2C(=O)OCC2(C)CCCCC2)c1C. The van der Waals surface area contributed by atoms with Gasteiger partial charge < -0.3 is 4.74 Å². The minimum atomic E-state index is -0.318. The third kappa shape index (κ3) is 3.84. The van der Waals surface area contributed by atoms with Gasteiger partial charge in [-0.1, -0.05) is 51.3 Å². The van der Waals surface area contributed by atoms with E-state index in [0.717, 1.165) is 18.7 Å². The minimum absolute atomic E-state index is 0.0303. The number of aryl methyl sites for hydroxylation is 1. The number of imidazole rings is 1. The van der Waals surface area contributed by atoms with Crippen LogP contribution in [0.25, 0.3) is 0 Å². The number of carbonyl (C=O) groups is 1. The van der Waals surface area contributed by atoms with Gasteiger partial charge in [-0.2, -0.15) is 0 Å². The lowest BCUT2D eigenvalue weighted by molar-refractivity contribution is 0.0679. The molecular weight excluding hydrogens is 324 g/mol. The summed E-state index contributed by atoms with van der Waals surface area (Å²) in [5.74, 6) is 0.764. The summed E-state index contributed by atoms with van der Waals surface area (Å²) >= 11 is 0. The molecule has 0 unspecified atom stereocenters. The van der Waals surface area contributed by atoms with Crippen molar-refractivity contribution in [3.05, 3.63) is 53.1 Å². The van der Waals surface area contributed by atoms with Gasteiger partial charge in [0.15, 0.2) is 0 Å². The van der Waals surface area contributed by atoms with Crippen molar-refractivity contribution in [1.82, 2.24) is 9.55 Å². The molecule has 1 fully saturated rings. The Morgan fingerprint density at radius 3 is 2.73 bits per heavy atom. The Kier molecular flexibility index (Phi) is 5.49. The zero-order valence-corrected chi connectivity index (χ0v) is 16.4. The van der Waals surface area contributed by atoms with Crippen LogP contribution in [0.4, 0.5) is 4.79 Å². The summed E-state index contributed by atoms with van der Waals surface area (Å²) in [5, 5.41) is 0. The molecule has 0 saturated heterocycles. The number of hydrogen-bond donors (Lipinski definition) is 0. The van der Waals surface area contributed by atoms with Crippen LogP contribution in [0.2, 0.25) is 0 Å². The summed E-state index contributed by atoms with van der Waals surface area (Å²) < 4.78 is 7.26. The van der Waals surface area contributed by atoms with Gasteiger partial charge in [0.05, 0.1) is 6.61 Å². The molecule has 4 nitrogen and oxygen atoms in total. The molecule has 1 saturated carbocycles. The van der Waals surface area contributed by atoms with Gasteiger partial charge in [0, 0.05) is 23.7 Å². The fraction of sp³-hybridized carbons (Fsp3) is 0.545. The van der Waals surface area contributed by atoms with E-state index in [-0.39, 0.29) is 17.4 Å². The summed E-state index contributed by atoms with van der Waals surface area (Å²) in [6.45, 7) is 9.04. The van der Waals surface area contributed by atoms with E-state index in [1.807, 2.05) is 0 Å². The van der Waals surface area contributed by atoms with Crippen LogP contribution in [-0.4, -0.2) is 22.3 Å². The Bertz CT molecular complexity index is 772. The molecule has 1 heterocycles. The molecule has 0 bridgehead atoms. The number of rotatable bonds is 4.